The van der Waals surface area contributed by atoms with Gasteiger partial charge in [0.05, 0.1) is 11.2 Å². The van der Waals surface area contributed by atoms with Crippen LogP contribution in [0.25, 0.3) is 0 Å². The maximum absolute atomic E-state index is 13.8. The molecule has 0 aliphatic rings. The van der Waals surface area contributed by atoms with Gasteiger partial charge in [0, 0.05) is 18.2 Å². The van der Waals surface area contributed by atoms with E-state index >= 15 is 0 Å². The Balaban J connectivity index is 2.10. The molecule has 0 atom stereocenters. The summed E-state index contributed by atoms with van der Waals surface area (Å²) in [5, 5.41) is 7.48. The van der Waals surface area contributed by atoms with Crippen molar-refractivity contribution in [3.05, 3.63) is 64.4 Å². The van der Waals surface area contributed by atoms with Gasteiger partial charge in [0.2, 0.25) is 0 Å². The molecule has 0 amide bonds. The molecule has 120 valence electrons. The Hall–Kier alpha value is -2.18. The number of hydrogen-bond acceptors (Lipinski definition) is 3. The Morgan fingerprint density at radius 3 is 2.83 bits per heavy atom. The summed E-state index contributed by atoms with van der Waals surface area (Å²) >= 11 is 10.9. The summed E-state index contributed by atoms with van der Waals surface area (Å²) in [6.07, 6.45) is 1.57. The Bertz CT molecular complexity index is 704. The van der Waals surface area contributed by atoms with Crippen molar-refractivity contribution < 1.29 is 9.13 Å². The molecule has 23 heavy (non-hydrogen) atoms. The molecule has 0 aliphatic carbocycles. The van der Waals surface area contributed by atoms with Crippen LogP contribution in [0.5, 0.6) is 5.75 Å². The van der Waals surface area contributed by atoms with Crippen LogP contribution in [0.4, 0.5) is 4.39 Å². The molecule has 4 nitrogen and oxygen atoms in total. The van der Waals surface area contributed by atoms with E-state index in [0.29, 0.717) is 21.4 Å². The van der Waals surface area contributed by atoms with Gasteiger partial charge in [0.25, 0.3) is 0 Å². The third-order valence-electron chi connectivity index (χ3n) is 2.95. The Labute approximate surface area is 144 Å². The number of benzene rings is 2. The highest BCUT2D eigenvalue weighted by molar-refractivity contribution is 7.80. The monoisotopic (exact) mass is 351 g/mol. The van der Waals surface area contributed by atoms with E-state index in [4.69, 9.17) is 28.6 Å². The number of para-hydroxylation sites is 1. The van der Waals surface area contributed by atoms with Crippen LogP contribution >= 0.6 is 23.8 Å². The van der Waals surface area contributed by atoms with Crippen molar-refractivity contribution in [3.8, 4) is 5.75 Å². The third kappa shape index (κ3) is 4.91. The highest BCUT2D eigenvalue weighted by atomic mass is 35.5. The van der Waals surface area contributed by atoms with Gasteiger partial charge in [-0.3, -0.25) is 5.43 Å². The largest absolute Gasteiger partial charge is 0.488 e. The number of nitrogens with one attached hydrogen (secondary N) is 2. The second-order valence-corrected chi connectivity index (χ2v) is 5.29. The van der Waals surface area contributed by atoms with Gasteiger partial charge in [-0.05, 0) is 36.5 Å². The SMILES string of the molecule is CNC(=S)NN=Cc1ccccc1OCc1c(F)cccc1Cl. The standard InChI is InChI=1S/C16H15ClFN3OS/c1-19-16(23)21-20-9-11-5-2-3-8-15(11)22-10-12-13(17)6-4-7-14(12)18/h2-9H,10H2,1H3,(H2,19,21,23). The number of ether oxygens (including phenoxy) is 1. The molecule has 0 saturated heterocycles. The van der Waals surface area contributed by atoms with Crippen LogP contribution in [0.1, 0.15) is 11.1 Å². The molecule has 0 bridgehead atoms. The van der Waals surface area contributed by atoms with Gasteiger partial charge in [-0.2, -0.15) is 5.10 Å². The number of hydrogen-bond donors (Lipinski definition) is 2. The van der Waals surface area contributed by atoms with Gasteiger partial charge in [0.15, 0.2) is 5.11 Å². The Kier molecular flexibility index (Phi) is 6.31. The molecule has 0 unspecified atom stereocenters. The molecule has 0 saturated carbocycles. The lowest BCUT2D eigenvalue weighted by molar-refractivity contribution is 0.299. The third-order valence-corrected chi connectivity index (χ3v) is 3.60. The van der Waals surface area contributed by atoms with Crippen LogP contribution in [-0.2, 0) is 6.61 Å². The smallest absolute Gasteiger partial charge is 0.186 e. The van der Waals surface area contributed by atoms with E-state index in [2.05, 4.69) is 15.8 Å². The summed E-state index contributed by atoms with van der Waals surface area (Å²) in [6.45, 7) is 0.0265. The molecule has 2 aromatic rings. The number of nitrogens with zero attached hydrogens (tertiary/aromatic N) is 1. The fourth-order valence-corrected chi connectivity index (χ4v) is 2.03. The lowest BCUT2D eigenvalue weighted by atomic mass is 10.2. The maximum atomic E-state index is 13.8. The zero-order chi connectivity index (χ0) is 16.7. The fourth-order valence-electron chi connectivity index (χ4n) is 1.76. The van der Waals surface area contributed by atoms with E-state index in [-0.39, 0.29) is 6.61 Å². The summed E-state index contributed by atoms with van der Waals surface area (Å²) in [4.78, 5) is 0. The maximum Gasteiger partial charge on any atom is 0.186 e. The summed E-state index contributed by atoms with van der Waals surface area (Å²) in [7, 11) is 1.69. The molecular weight excluding hydrogens is 337 g/mol. The lowest BCUT2D eigenvalue weighted by Crippen LogP contribution is -2.28. The van der Waals surface area contributed by atoms with Crippen molar-refractivity contribution in [1.29, 1.82) is 0 Å². The molecule has 2 rings (SSSR count). The Morgan fingerprint density at radius 1 is 1.30 bits per heavy atom. The number of thiocarbonyl (C=S) groups is 1. The van der Waals surface area contributed by atoms with Gasteiger partial charge in [-0.25, -0.2) is 4.39 Å². The minimum absolute atomic E-state index is 0.0265. The van der Waals surface area contributed by atoms with Crippen molar-refractivity contribution in [2.75, 3.05) is 7.05 Å². The molecule has 0 fully saturated rings. The molecule has 0 radical (unpaired) electrons. The molecule has 0 heterocycles. The number of halogens is 2. The molecule has 2 aromatic carbocycles. The average Bonchev–Trinajstić information content (AvgIpc) is 2.55. The molecule has 7 heteroatoms. The van der Waals surface area contributed by atoms with Crippen molar-refractivity contribution in [2.45, 2.75) is 6.61 Å². The van der Waals surface area contributed by atoms with Gasteiger partial charge in [-0.15, -0.1) is 0 Å². The van der Waals surface area contributed by atoms with E-state index in [0.717, 1.165) is 5.56 Å². The summed E-state index contributed by atoms with van der Waals surface area (Å²) in [5.41, 5.74) is 3.70. The molecule has 0 spiro atoms. The van der Waals surface area contributed by atoms with Crippen molar-refractivity contribution >= 4 is 35.1 Å². The summed E-state index contributed by atoms with van der Waals surface area (Å²) < 4.78 is 19.4. The fraction of sp³-hybridized carbons (Fsp3) is 0.125. The summed E-state index contributed by atoms with van der Waals surface area (Å²) in [5.74, 6) is 0.164. The Morgan fingerprint density at radius 2 is 2.09 bits per heavy atom. The van der Waals surface area contributed by atoms with Crippen LogP contribution in [0.3, 0.4) is 0 Å². The van der Waals surface area contributed by atoms with Crippen LogP contribution < -0.4 is 15.5 Å². The molecule has 2 N–H and O–H groups in total. The molecule has 0 aliphatic heterocycles. The van der Waals surface area contributed by atoms with E-state index < -0.39 is 5.82 Å². The number of hydrazone groups is 1. The van der Waals surface area contributed by atoms with Gasteiger partial charge in [0.1, 0.15) is 18.2 Å². The lowest BCUT2D eigenvalue weighted by Gasteiger charge is -2.11. The van der Waals surface area contributed by atoms with E-state index in [9.17, 15) is 4.39 Å². The number of rotatable bonds is 5. The van der Waals surface area contributed by atoms with Crippen molar-refractivity contribution in [2.24, 2.45) is 5.10 Å². The van der Waals surface area contributed by atoms with Gasteiger partial charge < -0.3 is 10.1 Å². The topological polar surface area (TPSA) is 45.7 Å². The van der Waals surface area contributed by atoms with Crippen LogP contribution in [-0.4, -0.2) is 18.4 Å². The predicted molar refractivity (Wildman–Crippen MR) is 94.6 cm³/mol. The highest BCUT2D eigenvalue weighted by Gasteiger charge is 2.09. The minimum atomic E-state index is -0.398. The second kappa shape index (κ2) is 8.45. The second-order valence-electron chi connectivity index (χ2n) is 4.48. The van der Waals surface area contributed by atoms with Crippen molar-refractivity contribution in [3.63, 3.8) is 0 Å². The first-order chi connectivity index (χ1) is 11.1. The zero-order valence-electron chi connectivity index (χ0n) is 12.3. The first-order valence-corrected chi connectivity index (χ1v) is 7.56. The van der Waals surface area contributed by atoms with E-state index in [1.165, 1.54) is 6.07 Å². The van der Waals surface area contributed by atoms with Crippen LogP contribution in [0.15, 0.2) is 47.6 Å². The minimum Gasteiger partial charge on any atom is -0.488 e. The van der Waals surface area contributed by atoms with Crippen LogP contribution in [0.2, 0.25) is 5.02 Å². The quantitative estimate of drug-likeness (QED) is 0.492. The van der Waals surface area contributed by atoms with E-state index in [1.807, 2.05) is 18.2 Å². The highest BCUT2D eigenvalue weighted by Crippen LogP contribution is 2.23. The van der Waals surface area contributed by atoms with Gasteiger partial charge >= 0.3 is 0 Å². The van der Waals surface area contributed by atoms with Crippen molar-refractivity contribution in [1.82, 2.24) is 10.7 Å². The first kappa shape index (κ1) is 17.2. The molecule has 0 aromatic heterocycles. The molecular formula is C16H15ClFN3OS. The predicted octanol–water partition coefficient (Wildman–Crippen LogP) is 3.49. The zero-order valence-corrected chi connectivity index (χ0v) is 13.9. The van der Waals surface area contributed by atoms with Crippen LogP contribution in [0, 0.1) is 5.82 Å². The normalized spacial score (nSPS) is 10.6. The van der Waals surface area contributed by atoms with Gasteiger partial charge in [-0.1, -0.05) is 29.8 Å². The van der Waals surface area contributed by atoms with E-state index in [1.54, 1.807) is 31.5 Å². The summed E-state index contributed by atoms with van der Waals surface area (Å²) in [6, 6.07) is 11.8. The first-order valence-electron chi connectivity index (χ1n) is 6.77. The average molecular weight is 352 g/mol.